The van der Waals surface area contributed by atoms with Crippen LogP contribution in [0.5, 0.6) is 0 Å². The summed E-state index contributed by atoms with van der Waals surface area (Å²) < 4.78 is 28.2. The quantitative estimate of drug-likeness (QED) is 0.771. The SMILES string of the molecule is NC1CCCCC1CNS(=O)(=O)N1CCCC1. The average Bonchev–Trinajstić information content (AvgIpc) is 2.82. The molecule has 2 aliphatic rings. The fraction of sp³-hybridized carbons (Fsp3) is 1.00. The van der Waals surface area contributed by atoms with Gasteiger partial charge in [0.2, 0.25) is 0 Å². The lowest BCUT2D eigenvalue weighted by Crippen LogP contribution is -2.45. The molecule has 3 N–H and O–H groups in total. The van der Waals surface area contributed by atoms with Gasteiger partial charge in [0, 0.05) is 25.7 Å². The Morgan fingerprint density at radius 1 is 1.12 bits per heavy atom. The van der Waals surface area contributed by atoms with Crippen LogP contribution in [-0.4, -0.2) is 38.4 Å². The van der Waals surface area contributed by atoms with Crippen LogP contribution in [0.15, 0.2) is 0 Å². The zero-order chi connectivity index (χ0) is 12.3. The Kier molecular flexibility index (Phi) is 4.41. The molecule has 0 spiro atoms. The van der Waals surface area contributed by atoms with Gasteiger partial charge in [0.05, 0.1) is 0 Å². The summed E-state index contributed by atoms with van der Waals surface area (Å²) in [4.78, 5) is 0. The number of nitrogens with two attached hydrogens (primary N) is 1. The molecule has 100 valence electrons. The smallest absolute Gasteiger partial charge is 0.279 e. The summed E-state index contributed by atoms with van der Waals surface area (Å²) in [6.45, 7) is 1.82. The number of rotatable bonds is 4. The zero-order valence-corrected chi connectivity index (χ0v) is 11.1. The number of nitrogens with one attached hydrogen (secondary N) is 1. The third kappa shape index (κ3) is 3.40. The average molecular weight is 261 g/mol. The largest absolute Gasteiger partial charge is 0.327 e. The standard InChI is InChI=1S/C11H23N3O2S/c12-11-6-2-1-5-10(11)9-13-17(15,16)14-7-3-4-8-14/h10-11,13H,1-9,12H2. The molecule has 0 amide bonds. The minimum absolute atomic E-state index is 0.157. The molecule has 2 rings (SSSR count). The molecule has 1 saturated carbocycles. The van der Waals surface area contributed by atoms with Gasteiger partial charge in [-0.15, -0.1) is 0 Å². The molecular weight excluding hydrogens is 238 g/mol. The molecule has 1 aliphatic carbocycles. The van der Waals surface area contributed by atoms with E-state index in [2.05, 4.69) is 4.72 Å². The van der Waals surface area contributed by atoms with Gasteiger partial charge in [0.1, 0.15) is 0 Å². The monoisotopic (exact) mass is 261 g/mol. The van der Waals surface area contributed by atoms with Crippen LogP contribution in [0.1, 0.15) is 38.5 Å². The molecule has 5 nitrogen and oxygen atoms in total. The number of hydrogen-bond donors (Lipinski definition) is 2. The van der Waals surface area contributed by atoms with Crippen LogP contribution >= 0.6 is 0 Å². The lowest BCUT2D eigenvalue weighted by atomic mass is 9.85. The van der Waals surface area contributed by atoms with E-state index in [0.29, 0.717) is 25.6 Å². The van der Waals surface area contributed by atoms with E-state index in [-0.39, 0.29) is 6.04 Å². The van der Waals surface area contributed by atoms with Gasteiger partial charge in [-0.2, -0.15) is 12.7 Å². The summed E-state index contributed by atoms with van der Waals surface area (Å²) in [5.74, 6) is 0.307. The second kappa shape index (κ2) is 5.65. The Balaban J connectivity index is 1.84. The third-order valence-corrected chi connectivity index (χ3v) is 5.48. The Morgan fingerprint density at radius 3 is 2.41 bits per heavy atom. The van der Waals surface area contributed by atoms with Crippen LogP contribution in [-0.2, 0) is 10.2 Å². The van der Waals surface area contributed by atoms with Crippen molar-refractivity contribution in [3.63, 3.8) is 0 Å². The first-order chi connectivity index (χ1) is 8.09. The molecule has 1 aliphatic heterocycles. The second-order valence-electron chi connectivity index (χ2n) is 5.17. The second-order valence-corrected chi connectivity index (χ2v) is 6.92. The molecule has 0 aromatic heterocycles. The normalized spacial score (nSPS) is 31.8. The maximum atomic E-state index is 12.0. The van der Waals surface area contributed by atoms with Crippen molar-refractivity contribution in [1.29, 1.82) is 0 Å². The summed E-state index contributed by atoms with van der Waals surface area (Å²) in [5.41, 5.74) is 6.01. The molecule has 0 aromatic carbocycles. The first-order valence-electron chi connectivity index (χ1n) is 6.60. The molecule has 2 fully saturated rings. The van der Waals surface area contributed by atoms with Crippen molar-refractivity contribution in [3.8, 4) is 0 Å². The molecule has 1 heterocycles. The van der Waals surface area contributed by atoms with E-state index in [0.717, 1.165) is 25.7 Å². The highest BCUT2D eigenvalue weighted by Crippen LogP contribution is 2.22. The summed E-state index contributed by atoms with van der Waals surface area (Å²) in [6, 6.07) is 0.157. The third-order valence-electron chi connectivity index (χ3n) is 3.90. The van der Waals surface area contributed by atoms with Crippen LogP contribution in [0.25, 0.3) is 0 Å². The van der Waals surface area contributed by atoms with Crippen LogP contribution in [0.4, 0.5) is 0 Å². The predicted octanol–water partition coefficient (Wildman–Crippen LogP) is 0.434. The van der Waals surface area contributed by atoms with E-state index >= 15 is 0 Å². The molecule has 0 aromatic rings. The van der Waals surface area contributed by atoms with Gasteiger partial charge in [0.25, 0.3) is 10.2 Å². The summed E-state index contributed by atoms with van der Waals surface area (Å²) >= 11 is 0. The summed E-state index contributed by atoms with van der Waals surface area (Å²) in [7, 11) is -3.26. The molecular formula is C11H23N3O2S. The Hall–Kier alpha value is -0.170. The van der Waals surface area contributed by atoms with E-state index in [4.69, 9.17) is 5.73 Å². The number of hydrogen-bond acceptors (Lipinski definition) is 3. The molecule has 2 atom stereocenters. The minimum atomic E-state index is -3.26. The van der Waals surface area contributed by atoms with E-state index in [1.54, 1.807) is 4.31 Å². The molecule has 6 heteroatoms. The van der Waals surface area contributed by atoms with Crippen LogP contribution < -0.4 is 10.5 Å². The van der Waals surface area contributed by atoms with Crippen molar-refractivity contribution in [2.75, 3.05) is 19.6 Å². The van der Waals surface area contributed by atoms with Gasteiger partial charge in [-0.25, -0.2) is 4.72 Å². The van der Waals surface area contributed by atoms with Gasteiger partial charge in [-0.3, -0.25) is 0 Å². The van der Waals surface area contributed by atoms with Crippen LogP contribution in [0.2, 0.25) is 0 Å². The van der Waals surface area contributed by atoms with Gasteiger partial charge in [-0.1, -0.05) is 12.8 Å². The maximum absolute atomic E-state index is 12.0. The van der Waals surface area contributed by atoms with Gasteiger partial charge in [-0.05, 0) is 31.6 Å². The Morgan fingerprint density at radius 2 is 1.76 bits per heavy atom. The van der Waals surface area contributed by atoms with Crippen molar-refractivity contribution in [3.05, 3.63) is 0 Å². The van der Waals surface area contributed by atoms with Gasteiger partial charge < -0.3 is 5.73 Å². The van der Waals surface area contributed by atoms with E-state index in [1.165, 1.54) is 12.8 Å². The van der Waals surface area contributed by atoms with Crippen molar-refractivity contribution in [2.24, 2.45) is 11.7 Å². The molecule has 17 heavy (non-hydrogen) atoms. The number of nitrogens with zero attached hydrogens (tertiary/aromatic N) is 1. The topological polar surface area (TPSA) is 75.4 Å². The molecule has 2 unspecified atom stereocenters. The first kappa shape index (κ1) is 13.3. The fourth-order valence-electron chi connectivity index (χ4n) is 2.72. The fourth-order valence-corrected chi connectivity index (χ4v) is 4.07. The van der Waals surface area contributed by atoms with Crippen molar-refractivity contribution in [2.45, 2.75) is 44.6 Å². The summed E-state index contributed by atoms with van der Waals surface area (Å²) in [6.07, 6.45) is 6.37. The molecule has 0 radical (unpaired) electrons. The highest BCUT2D eigenvalue weighted by molar-refractivity contribution is 7.87. The lowest BCUT2D eigenvalue weighted by molar-refractivity contribution is 0.306. The Labute approximate surface area is 104 Å². The summed E-state index contributed by atoms with van der Waals surface area (Å²) in [5, 5.41) is 0. The zero-order valence-electron chi connectivity index (χ0n) is 10.3. The molecule has 1 saturated heterocycles. The van der Waals surface area contributed by atoms with Crippen LogP contribution in [0, 0.1) is 5.92 Å². The Bertz CT molecular complexity index is 339. The van der Waals surface area contributed by atoms with Crippen LogP contribution in [0.3, 0.4) is 0 Å². The van der Waals surface area contributed by atoms with Crippen molar-refractivity contribution < 1.29 is 8.42 Å². The van der Waals surface area contributed by atoms with E-state index in [1.807, 2.05) is 0 Å². The van der Waals surface area contributed by atoms with Crippen molar-refractivity contribution in [1.82, 2.24) is 9.03 Å². The predicted molar refractivity (Wildman–Crippen MR) is 67.7 cm³/mol. The molecule has 0 bridgehead atoms. The minimum Gasteiger partial charge on any atom is -0.327 e. The van der Waals surface area contributed by atoms with Crippen molar-refractivity contribution >= 4 is 10.2 Å². The van der Waals surface area contributed by atoms with Gasteiger partial charge in [0.15, 0.2) is 0 Å². The van der Waals surface area contributed by atoms with E-state index in [9.17, 15) is 8.42 Å². The maximum Gasteiger partial charge on any atom is 0.279 e. The highest BCUT2D eigenvalue weighted by Gasteiger charge is 2.28. The lowest BCUT2D eigenvalue weighted by Gasteiger charge is -2.29. The van der Waals surface area contributed by atoms with Gasteiger partial charge >= 0.3 is 0 Å². The highest BCUT2D eigenvalue weighted by atomic mass is 32.2. The first-order valence-corrected chi connectivity index (χ1v) is 8.04. The van der Waals surface area contributed by atoms with E-state index < -0.39 is 10.2 Å².